The van der Waals surface area contributed by atoms with Crippen molar-refractivity contribution >= 4 is 21.4 Å². The van der Waals surface area contributed by atoms with Crippen LogP contribution in [0, 0.1) is 10.1 Å². The van der Waals surface area contributed by atoms with Crippen molar-refractivity contribution in [2.24, 2.45) is 0 Å². The normalized spacial score (nSPS) is 23.0. The Labute approximate surface area is 127 Å². The maximum atomic E-state index is 11.8. The molecule has 1 aromatic rings. The Hall–Kier alpha value is -2.16. The molecule has 1 fully saturated rings. The second-order valence-corrected chi connectivity index (χ2v) is 7.68. The minimum absolute atomic E-state index is 0.0511. The Bertz CT molecular complexity index is 702. The summed E-state index contributed by atoms with van der Waals surface area (Å²) in [7, 11) is -3.11. The van der Waals surface area contributed by atoms with Crippen LogP contribution >= 0.6 is 0 Å². The number of non-ortho nitro benzene ring substituents is 1. The van der Waals surface area contributed by atoms with Gasteiger partial charge >= 0.3 is 0 Å². The lowest BCUT2D eigenvalue weighted by molar-refractivity contribution is -0.384. The summed E-state index contributed by atoms with van der Waals surface area (Å²) in [6.07, 6.45) is 0.359. The van der Waals surface area contributed by atoms with Gasteiger partial charge in [0.1, 0.15) is 5.75 Å². The molecule has 9 heteroatoms. The summed E-state index contributed by atoms with van der Waals surface area (Å²) in [4.78, 5) is 21.9. The number of nitrogens with one attached hydrogen (secondary N) is 1. The average molecular weight is 328 g/mol. The Morgan fingerprint density at radius 3 is 2.82 bits per heavy atom. The van der Waals surface area contributed by atoms with Crippen LogP contribution in [0.25, 0.3) is 0 Å². The number of ether oxygens (including phenoxy) is 1. The van der Waals surface area contributed by atoms with E-state index in [1.54, 1.807) is 6.92 Å². The molecular formula is C13H16N2O6S. The Balaban J connectivity index is 1.91. The number of nitro groups is 1. The first kappa shape index (κ1) is 16.2. The zero-order chi connectivity index (χ0) is 16.4. The molecule has 0 aromatic heterocycles. The highest BCUT2D eigenvalue weighted by molar-refractivity contribution is 7.91. The highest BCUT2D eigenvalue weighted by atomic mass is 32.2. The number of hydrogen-bond acceptors (Lipinski definition) is 6. The maximum absolute atomic E-state index is 11.8. The molecule has 1 aromatic carbocycles. The first-order valence-electron chi connectivity index (χ1n) is 6.58. The molecule has 0 aliphatic carbocycles. The average Bonchev–Trinajstić information content (AvgIpc) is 2.70. The molecule has 1 aliphatic heterocycles. The Morgan fingerprint density at radius 2 is 2.23 bits per heavy atom. The predicted molar refractivity (Wildman–Crippen MR) is 78.4 cm³/mol. The molecule has 0 spiro atoms. The van der Waals surface area contributed by atoms with E-state index in [1.807, 2.05) is 0 Å². The molecule has 120 valence electrons. The second kappa shape index (κ2) is 5.91. The first-order valence-corrected chi connectivity index (χ1v) is 8.40. The van der Waals surface area contributed by atoms with Crippen LogP contribution in [0.1, 0.15) is 13.3 Å². The smallest absolute Gasteiger partial charge is 0.273 e. The zero-order valence-electron chi connectivity index (χ0n) is 11.9. The molecule has 0 radical (unpaired) electrons. The standard InChI is InChI=1S/C13H16N2O6S/c1-13(5-6-22(19,20)9-13)14-12(16)8-21-11-4-2-3-10(7-11)15(17)18/h2-4,7H,5-6,8-9H2,1H3,(H,14,16)/t13-/m1/s1. The van der Waals surface area contributed by atoms with Gasteiger partial charge in [0.15, 0.2) is 16.4 Å². The van der Waals surface area contributed by atoms with E-state index in [4.69, 9.17) is 4.74 Å². The van der Waals surface area contributed by atoms with E-state index < -0.39 is 26.2 Å². The molecule has 0 unspecified atom stereocenters. The number of sulfone groups is 1. The summed E-state index contributed by atoms with van der Waals surface area (Å²) in [5.74, 6) is -0.308. The van der Waals surface area contributed by atoms with Crippen molar-refractivity contribution in [2.45, 2.75) is 18.9 Å². The van der Waals surface area contributed by atoms with Gasteiger partial charge in [0, 0.05) is 6.07 Å². The van der Waals surface area contributed by atoms with Crippen molar-refractivity contribution < 1.29 is 22.9 Å². The predicted octanol–water partition coefficient (Wildman–Crippen LogP) is 0.667. The molecule has 1 atom stereocenters. The van der Waals surface area contributed by atoms with Crippen molar-refractivity contribution in [3.05, 3.63) is 34.4 Å². The van der Waals surface area contributed by atoms with Crippen LogP contribution in [0.3, 0.4) is 0 Å². The van der Waals surface area contributed by atoms with Gasteiger partial charge in [-0.2, -0.15) is 0 Å². The van der Waals surface area contributed by atoms with Crippen LogP contribution in [0.4, 0.5) is 5.69 Å². The monoisotopic (exact) mass is 328 g/mol. The van der Waals surface area contributed by atoms with E-state index in [2.05, 4.69) is 5.32 Å². The molecular weight excluding hydrogens is 312 g/mol. The summed E-state index contributed by atoms with van der Waals surface area (Å²) in [5.41, 5.74) is -0.922. The number of benzene rings is 1. The van der Waals surface area contributed by atoms with Crippen LogP contribution in [-0.2, 0) is 14.6 Å². The van der Waals surface area contributed by atoms with Crippen LogP contribution < -0.4 is 10.1 Å². The largest absolute Gasteiger partial charge is 0.484 e. The molecule has 1 heterocycles. The third-order valence-electron chi connectivity index (χ3n) is 3.34. The van der Waals surface area contributed by atoms with E-state index in [9.17, 15) is 23.3 Å². The van der Waals surface area contributed by atoms with E-state index in [1.165, 1.54) is 24.3 Å². The molecule has 0 bridgehead atoms. The van der Waals surface area contributed by atoms with E-state index in [-0.39, 0.29) is 29.5 Å². The molecule has 2 rings (SSSR count). The summed E-state index contributed by atoms with van der Waals surface area (Å²) in [6, 6.07) is 5.49. The topological polar surface area (TPSA) is 116 Å². The minimum atomic E-state index is -3.11. The highest BCUT2D eigenvalue weighted by Crippen LogP contribution is 2.23. The van der Waals surface area contributed by atoms with E-state index >= 15 is 0 Å². The molecule has 22 heavy (non-hydrogen) atoms. The molecule has 8 nitrogen and oxygen atoms in total. The van der Waals surface area contributed by atoms with E-state index in [0.29, 0.717) is 6.42 Å². The Kier molecular flexibility index (Phi) is 4.36. The number of carbonyl (C=O) groups is 1. The fourth-order valence-electron chi connectivity index (χ4n) is 2.32. The van der Waals surface area contributed by atoms with Crippen molar-refractivity contribution in [1.29, 1.82) is 0 Å². The first-order chi connectivity index (χ1) is 10.2. The molecule has 1 N–H and O–H groups in total. The zero-order valence-corrected chi connectivity index (χ0v) is 12.8. The lowest BCUT2D eigenvalue weighted by atomic mass is 10.0. The lowest BCUT2D eigenvalue weighted by Gasteiger charge is -2.23. The van der Waals surface area contributed by atoms with Gasteiger partial charge in [0.2, 0.25) is 0 Å². The fraction of sp³-hybridized carbons (Fsp3) is 0.462. The summed E-state index contributed by atoms with van der Waals surface area (Å²) in [6.45, 7) is 1.33. The van der Waals surface area contributed by atoms with Gasteiger partial charge in [-0.25, -0.2) is 8.42 Å². The van der Waals surface area contributed by atoms with Crippen molar-refractivity contribution in [3.8, 4) is 5.75 Å². The van der Waals surface area contributed by atoms with Crippen molar-refractivity contribution in [3.63, 3.8) is 0 Å². The van der Waals surface area contributed by atoms with Gasteiger partial charge in [-0.1, -0.05) is 6.07 Å². The SMILES string of the molecule is C[C@@]1(NC(=O)COc2cccc([N+](=O)[O-])c2)CCS(=O)(=O)C1. The molecule has 0 saturated carbocycles. The molecule has 1 aliphatic rings. The summed E-state index contributed by atoms with van der Waals surface area (Å²) >= 11 is 0. The number of rotatable bonds is 5. The molecule has 1 saturated heterocycles. The Morgan fingerprint density at radius 1 is 1.50 bits per heavy atom. The molecule has 1 amide bonds. The van der Waals surface area contributed by atoms with Gasteiger partial charge in [-0.15, -0.1) is 0 Å². The number of nitrogens with zero attached hydrogens (tertiary/aromatic N) is 1. The van der Waals surface area contributed by atoms with Gasteiger partial charge in [0.05, 0.1) is 28.0 Å². The number of hydrogen-bond donors (Lipinski definition) is 1. The number of carbonyl (C=O) groups excluding carboxylic acids is 1. The van der Waals surface area contributed by atoms with Crippen LogP contribution in [0.2, 0.25) is 0 Å². The van der Waals surface area contributed by atoms with Gasteiger partial charge in [-0.3, -0.25) is 14.9 Å². The maximum Gasteiger partial charge on any atom is 0.273 e. The van der Waals surface area contributed by atoms with E-state index in [0.717, 1.165) is 0 Å². The van der Waals surface area contributed by atoms with Crippen molar-refractivity contribution in [1.82, 2.24) is 5.32 Å². The van der Waals surface area contributed by atoms with Gasteiger partial charge in [0.25, 0.3) is 11.6 Å². The van der Waals surface area contributed by atoms with Crippen LogP contribution in [0.5, 0.6) is 5.75 Å². The number of amides is 1. The second-order valence-electron chi connectivity index (χ2n) is 5.49. The quantitative estimate of drug-likeness (QED) is 0.627. The van der Waals surface area contributed by atoms with Crippen LogP contribution in [-0.4, -0.2) is 42.9 Å². The number of nitro benzene ring substituents is 1. The minimum Gasteiger partial charge on any atom is -0.484 e. The summed E-state index contributed by atoms with van der Waals surface area (Å²) < 4.78 is 28.1. The fourth-order valence-corrected chi connectivity index (χ4v) is 4.41. The van der Waals surface area contributed by atoms with Gasteiger partial charge < -0.3 is 10.1 Å². The van der Waals surface area contributed by atoms with Crippen LogP contribution in [0.15, 0.2) is 24.3 Å². The third kappa shape index (κ3) is 4.17. The highest BCUT2D eigenvalue weighted by Gasteiger charge is 2.39. The third-order valence-corrected chi connectivity index (χ3v) is 5.25. The summed E-state index contributed by atoms with van der Waals surface area (Å²) in [5, 5.41) is 13.3. The van der Waals surface area contributed by atoms with Gasteiger partial charge in [-0.05, 0) is 19.4 Å². The lowest BCUT2D eigenvalue weighted by Crippen LogP contribution is -2.48. The van der Waals surface area contributed by atoms with Crippen molar-refractivity contribution in [2.75, 3.05) is 18.1 Å².